The third-order valence-corrected chi connectivity index (χ3v) is 5.31. The molecule has 1 aliphatic rings. The molecule has 1 aromatic carbocycles. The molecule has 2 nitrogen and oxygen atoms in total. The first-order valence-corrected chi connectivity index (χ1v) is 8.37. The van der Waals surface area contributed by atoms with Crippen LogP contribution in [-0.4, -0.2) is 9.67 Å². The molecule has 0 saturated heterocycles. The molecule has 0 unspecified atom stereocenters. The fourth-order valence-electron chi connectivity index (χ4n) is 3.67. The van der Waals surface area contributed by atoms with Crippen LogP contribution in [0, 0.1) is 12.8 Å². The monoisotopic (exact) mass is 335 g/mol. The van der Waals surface area contributed by atoms with Crippen LogP contribution in [0.15, 0.2) is 22.8 Å². The summed E-state index contributed by atoms with van der Waals surface area (Å²) >= 11 is 3.54. The zero-order valence-corrected chi connectivity index (χ0v) is 13.8. The van der Waals surface area contributed by atoms with Crippen LogP contribution in [-0.2, 0) is 0 Å². The summed E-state index contributed by atoms with van der Waals surface area (Å²) < 4.78 is 3.16. The van der Waals surface area contributed by atoms with E-state index in [0.29, 0.717) is 17.8 Å². The highest BCUT2D eigenvalue weighted by atomic mass is 79.9. The molecule has 1 N–H and O–H groups in total. The summed E-state index contributed by atoms with van der Waals surface area (Å²) in [4.78, 5) is 0. The lowest BCUT2D eigenvalue weighted by Gasteiger charge is -2.29. The average molecular weight is 336 g/mol. The number of hydrogen-bond donors (Lipinski definition) is 1. The first kappa shape index (κ1) is 14.0. The second kappa shape index (κ2) is 5.44. The second-order valence-corrected chi connectivity index (χ2v) is 7.10. The fraction of sp³-hybridized carbons (Fsp3) is 0.529. The summed E-state index contributed by atoms with van der Waals surface area (Å²) in [5.41, 5.74) is 1.13. The molecule has 3 heteroatoms. The van der Waals surface area contributed by atoms with Crippen molar-refractivity contribution in [2.45, 2.75) is 52.0 Å². The highest BCUT2D eigenvalue weighted by molar-refractivity contribution is 9.10. The number of aromatic nitrogens is 1. The number of fused-ring (bicyclic) bond motifs is 1. The molecule has 108 valence electrons. The predicted molar refractivity (Wildman–Crippen MR) is 87.3 cm³/mol. The molecule has 20 heavy (non-hydrogen) atoms. The standard InChI is InChI=1S/C17H22BrNO/c1-11-8-15(18)9-14-10-19(17(20)16(11)14)12(2)13-6-4-3-5-7-13/h8-10,12-13,20H,3-7H2,1-2H3/t12-/m0/s1. The van der Waals surface area contributed by atoms with Gasteiger partial charge in [-0.15, -0.1) is 0 Å². The van der Waals surface area contributed by atoms with E-state index < -0.39 is 0 Å². The third-order valence-electron chi connectivity index (χ3n) is 4.85. The van der Waals surface area contributed by atoms with Crippen molar-refractivity contribution in [3.63, 3.8) is 0 Å². The lowest BCUT2D eigenvalue weighted by molar-refractivity contribution is 0.249. The lowest BCUT2D eigenvalue weighted by atomic mass is 9.84. The molecule has 0 bridgehead atoms. The maximum absolute atomic E-state index is 10.6. The number of aromatic hydroxyl groups is 1. The summed E-state index contributed by atoms with van der Waals surface area (Å²) in [5, 5.41) is 12.7. The van der Waals surface area contributed by atoms with Gasteiger partial charge in [-0.25, -0.2) is 0 Å². The maximum Gasteiger partial charge on any atom is 0.199 e. The Hall–Kier alpha value is -0.960. The highest BCUT2D eigenvalue weighted by Gasteiger charge is 2.24. The Morgan fingerprint density at radius 3 is 2.65 bits per heavy atom. The molecule has 1 aromatic heterocycles. The van der Waals surface area contributed by atoms with E-state index in [1.165, 1.54) is 32.1 Å². The van der Waals surface area contributed by atoms with Gasteiger partial charge in [-0.3, -0.25) is 0 Å². The molecule has 1 heterocycles. The van der Waals surface area contributed by atoms with Gasteiger partial charge in [0.15, 0.2) is 5.88 Å². The Kier molecular flexibility index (Phi) is 3.80. The van der Waals surface area contributed by atoms with Crippen LogP contribution < -0.4 is 0 Å². The number of aryl methyl sites for hydroxylation is 1. The van der Waals surface area contributed by atoms with Gasteiger partial charge in [-0.2, -0.15) is 0 Å². The molecule has 0 spiro atoms. The van der Waals surface area contributed by atoms with Crippen molar-refractivity contribution in [3.05, 3.63) is 28.4 Å². The average Bonchev–Trinajstić information content (AvgIpc) is 2.76. The molecule has 0 aliphatic heterocycles. The minimum atomic E-state index is 0.376. The van der Waals surface area contributed by atoms with Gasteiger partial charge in [0.25, 0.3) is 0 Å². The molecule has 3 rings (SSSR count). The van der Waals surface area contributed by atoms with Crippen LogP contribution in [0.25, 0.3) is 10.8 Å². The van der Waals surface area contributed by atoms with E-state index in [4.69, 9.17) is 0 Å². The molecule has 0 radical (unpaired) electrons. The van der Waals surface area contributed by atoms with Crippen LogP contribution in [0.4, 0.5) is 0 Å². The first-order chi connectivity index (χ1) is 9.58. The van der Waals surface area contributed by atoms with Crippen molar-refractivity contribution in [1.29, 1.82) is 0 Å². The van der Waals surface area contributed by atoms with Crippen molar-refractivity contribution >= 4 is 26.7 Å². The summed E-state index contributed by atoms with van der Waals surface area (Å²) in [7, 11) is 0. The predicted octanol–water partition coefficient (Wildman–Crippen LogP) is 5.56. The van der Waals surface area contributed by atoms with Gasteiger partial charge >= 0.3 is 0 Å². The molecule has 1 aliphatic carbocycles. The Bertz CT molecular complexity index is 625. The largest absolute Gasteiger partial charge is 0.494 e. The zero-order chi connectivity index (χ0) is 14.3. The molecule has 1 atom stereocenters. The normalized spacial score (nSPS) is 18.6. The van der Waals surface area contributed by atoms with Crippen LogP contribution >= 0.6 is 15.9 Å². The van der Waals surface area contributed by atoms with Gasteiger partial charge in [-0.1, -0.05) is 35.2 Å². The van der Waals surface area contributed by atoms with Gasteiger partial charge in [0.1, 0.15) is 0 Å². The number of benzene rings is 1. The number of hydrogen-bond acceptors (Lipinski definition) is 1. The molecule has 0 amide bonds. The first-order valence-electron chi connectivity index (χ1n) is 7.57. The third kappa shape index (κ3) is 2.37. The highest BCUT2D eigenvalue weighted by Crippen LogP contribution is 2.39. The Balaban J connectivity index is 2.03. The quantitative estimate of drug-likeness (QED) is 0.763. The zero-order valence-electron chi connectivity index (χ0n) is 12.2. The molecular formula is C17H22BrNO. The van der Waals surface area contributed by atoms with E-state index >= 15 is 0 Å². The van der Waals surface area contributed by atoms with Crippen molar-refractivity contribution in [3.8, 4) is 5.88 Å². The van der Waals surface area contributed by atoms with Crippen molar-refractivity contribution < 1.29 is 5.11 Å². The smallest absolute Gasteiger partial charge is 0.199 e. The molecular weight excluding hydrogens is 314 g/mol. The van der Waals surface area contributed by atoms with Crippen LogP contribution in [0.1, 0.15) is 50.6 Å². The van der Waals surface area contributed by atoms with E-state index in [1.54, 1.807) is 0 Å². The summed E-state index contributed by atoms with van der Waals surface area (Å²) in [6.45, 7) is 4.31. The van der Waals surface area contributed by atoms with Gasteiger partial charge < -0.3 is 9.67 Å². The van der Waals surface area contributed by atoms with Crippen molar-refractivity contribution in [1.82, 2.24) is 4.57 Å². The summed E-state index contributed by atoms with van der Waals surface area (Å²) in [5.74, 6) is 1.13. The van der Waals surface area contributed by atoms with Crippen molar-refractivity contribution in [2.75, 3.05) is 0 Å². The number of nitrogens with zero attached hydrogens (tertiary/aromatic N) is 1. The molecule has 1 saturated carbocycles. The van der Waals surface area contributed by atoms with Crippen LogP contribution in [0.5, 0.6) is 5.88 Å². The Labute approximate surface area is 128 Å². The van der Waals surface area contributed by atoms with E-state index in [2.05, 4.69) is 52.7 Å². The van der Waals surface area contributed by atoms with Crippen LogP contribution in [0.3, 0.4) is 0 Å². The van der Waals surface area contributed by atoms with Crippen LogP contribution in [0.2, 0.25) is 0 Å². The molecule has 1 fully saturated rings. The minimum Gasteiger partial charge on any atom is -0.494 e. The second-order valence-electron chi connectivity index (χ2n) is 6.19. The Morgan fingerprint density at radius 1 is 1.25 bits per heavy atom. The lowest BCUT2D eigenvalue weighted by Crippen LogP contribution is -2.18. The minimum absolute atomic E-state index is 0.376. The summed E-state index contributed by atoms with van der Waals surface area (Å²) in [6, 6.07) is 4.53. The van der Waals surface area contributed by atoms with Gasteiger partial charge in [0.05, 0.1) is 0 Å². The van der Waals surface area contributed by atoms with Crippen molar-refractivity contribution in [2.24, 2.45) is 5.92 Å². The number of rotatable bonds is 2. The maximum atomic E-state index is 10.6. The fourth-order valence-corrected chi connectivity index (χ4v) is 4.26. The topological polar surface area (TPSA) is 25.2 Å². The number of halogens is 1. The summed E-state index contributed by atoms with van der Waals surface area (Å²) in [6.07, 6.45) is 8.73. The van der Waals surface area contributed by atoms with E-state index in [0.717, 1.165) is 20.8 Å². The van der Waals surface area contributed by atoms with E-state index in [-0.39, 0.29) is 0 Å². The van der Waals surface area contributed by atoms with E-state index in [1.807, 2.05) is 0 Å². The molecule has 2 aromatic rings. The SMILES string of the molecule is Cc1cc(Br)cc2cn([C@@H](C)C3CCCCC3)c(O)c12. The van der Waals surface area contributed by atoms with Gasteiger partial charge in [0, 0.05) is 27.5 Å². The van der Waals surface area contributed by atoms with Gasteiger partial charge in [0.2, 0.25) is 0 Å². The van der Waals surface area contributed by atoms with Gasteiger partial charge in [-0.05, 0) is 50.3 Å². The van der Waals surface area contributed by atoms with E-state index in [9.17, 15) is 5.11 Å². The Morgan fingerprint density at radius 2 is 1.95 bits per heavy atom.